The van der Waals surface area contributed by atoms with E-state index >= 15 is 0 Å². The van der Waals surface area contributed by atoms with Gasteiger partial charge in [-0.25, -0.2) is 0 Å². The quantitative estimate of drug-likeness (QED) is 0.857. The van der Waals surface area contributed by atoms with E-state index in [-0.39, 0.29) is 0 Å². The minimum Gasteiger partial charge on any atom is -0.495 e. The summed E-state index contributed by atoms with van der Waals surface area (Å²) in [7, 11) is 3.37. The molecule has 0 amide bonds. The zero-order valence-corrected chi connectivity index (χ0v) is 13.2. The van der Waals surface area contributed by atoms with Gasteiger partial charge in [0.1, 0.15) is 5.75 Å². The molecule has 0 aliphatic carbocycles. The molecule has 0 fully saturated rings. The maximum atomic E-state index is 5.29. The van der Waals surface area contributed by atoms with Gasteiger partial charge in [-0.2, -0.15) is 0 Å². The third kappa shape index (κ3) is 3.99. The molecule has 4 heteroatoms. The lowest BCUT2D eigenvalue weighted by molar-refractivity contribution is 0.185. The molecular weight excluding hydrogens is 318 g/mol. The Hall–Kier alpha value is -1.52. The SMILES string of the molecule is COCc1cccc(CNc2ccc(Br)c(OC)c2)c1. The van der Waals surface area contributed by atoms with Crippen LogP contribution < -0.4 is 10.1 Å². The molecule has 0 saturated carbocycles. The van der Waals surface area contributed by atoms with Crippen LogP contribution in [0, 0.1) is 0 Å². The maximum Gasteiger partial charge on any atom is 0.135 e. The van der Waals surface area contributed by atoms with Crippen LogP contribution in [0.2, 0.25) is 0 Å². The Kier molecular flexibility index (Phi) is 5.44. The average Bonchev–Trinajstić information content (AvgIpc) is 2.47. The van der Waals surface area contributed by atoms with E-state index in [2.05, 4.69) is 39.4 Å². The molecule has 0 spiro atoms. The van der Waals surface area contributed by atoms with Crippen LogP contribution in [0.25, 0.3) is 0 Å². The highest BCUT2D eigenvalue weighted by atomic mass is 79.9. The van der Waals surface area contributed by atoms with E-state index in [0.717, 1.165) is 22.5 Å². The van der Waals surface area contributed by atoms with Gasteiger partial charge >= 0.3 is 0 Å². The molecule has 0 aromatic heterocycles. The Labute approximate surface area is 128 Å². The topological polar surface area (TPSA) is 30.5 Å². The zero-order chi connectivity index (χ0) is 14.4. The second kappa shape index (κ2) is 7.31. The van der Waals surface area contributed by atoms with Crippen molar-refractivity contribution < 1.29 is 9.47 Å². The third-order valence-corrected chi connectivity index (χ3v) is 3.61. The van der Waals surface area contributed by atoms with E-state index in [9.17, 15) is 0 Å². The number of hydrogen-bond acceptors (Lipinski definition) is 3. The highest BCUT2D eigenvalue weighted by molar-refractivity contribution is 9.10. The number of anilines is 1. The highest BCUT2D eigenvalue weighted by Crippen LogP contribution is 2.28. The second-order valence-corrected chi connectivity index (χ2v) is 5.31. The Morgan fingerprint density at radius 3 is 2.60 bits per heavy atom. The van der Waals surface area contributed by atoms with Crippen LogP contribution in [0.5, 0.6) is 5.75 Å². The molecule has 20 heavy (non-hydrogen) atoms. The molecule has 2 rings (SSSR count). The summed E-state index contributed by atoms with van der Waals surface area (Å²) in [6.45, 7) is 1.41. The van der Waals surface area contributed by atoms with E-state index in [1.807, 2.05) is 24.3 Å². The van der Waals surface area contributed by atoms with Gasteiger partial charge in [0.15, 0.2) is 0 Å². The second-order valence-electron chi connectivity index (χ2n) is 4.46. The van der Waals surface area contributed by atoms with Gasteiger partial charge in [0.2, 0.25) is 0 Å². The molecule has 1 N–H and O–H groups in total. The van der Waals surface area contributed by atoms with Crippen molar-refractivity contribution in [2.45, 2.75) is 13.2 Å². The summed E-state index contributed by atoms with van der Waals surface area (Å²) < 4.78 is 11.4. The van der Waals surface area contributed by atoms with Crippen molar-refractivity contribution in [1.82, 2.24) is 0 Å². The molecule has 2 aromatic carbocycles. The lowest BCUT2D eigenvalue weighted by Gasteiger charge is -2.10. The van der Waals surface area contributed by atoms with Gasteiger partial charge < -0.3 is 14.8 Å². The van der Waals surface area contributed by atoms with E-state index < -0.39 is 0 Å². The van der Waals surface area contributed by atoms with Crippen molar-refractivity contribution in [1.29, 1.82) is 0 Å². The highest BCUT2D eigenvalue weighted by Gasteiger charge is 2.02. The first-order valence-electron chi connectivity index (χ1n) is 6.37. The molecule has 0 bridgehead atoms. The van der Waals surface area contributed by atoms with E-state index in [0.29, 0.717) is 6.61 Å². The predicted molar refractivity (Wildman–Crippen MR) is 85.2 cm³/mol. The normalized spacial score (nSPS) is 10.3. The molecule has 3 nitrogen and oxygen atoms in total. The van der Waals surface area contributed by atoms with Crippen molar-refractivity contribution in [3.05, 3.63) is 58.1 Å². The molecule has 0 heterocycles. The molecule has 0 saturated heterocycles. The number of methoxy groups -OCH3 is 2. The predicted octanol–water partition coefficient (Wildman–Crippen LogP) is 4.22. The van der Waals surface area contributed by atoms with E-state index in [1.54, 1.807) is 14.2 Å². The largest absolute Gasteiger partial charge is 0.495 e. The van der Waals surface area contributed by atoms with E-state index in [1.165, 1.54) is 11.1 Å². The Morgan fingerprint density at radius 1 is 1.05 bits per heavy atom. The standard InChI is InChI=1S/C16H18BrNO2/c1-19-11-13-5-3-4-12(8-13)10-18-14-6-7-15(17)16(9-14)20-2/h3-9,18H,10-11H2,1-2H3. The molecule has 0 atom stereocenters. The smallest absolute Gasteiger partial charge is 0.135 e. The van der Waals surface area contributed by atoms with Gasteiger partial charge in [0.25, 0.3) is 0 Å². The van der Waals surface area contributed by atoms with Gasteiger partial charge in [0.05, 0.1) is 18.2 Å². The molecule has 0 radical (unpaired) electrons. The first-order valence-corrected chi connectivity index (χ1v) is 7.16. The van der Waals surface area contributed by atoms with Crippen molar-refractivity contribution in [3.8, 4) is 5.75 Å². The number of rotatable bonds is 6. The molecule has 0 aliphatic heterocycles. The summed E-state index contributed by atoms with van der Waals surface area (Å²) in [5, 5.41) is 3.39. The minimum atomic E-state index is 0.639. The van der Waals surface area contributed by atoms with Gasteiger partial charge in [-0.05, 0) is 39.2 Å². The lowest BCUT2D eigenvalue weighted by Crippen LogP contribution is -2.00. The molecular formula is C16H18BrNO2. The Balaban J connectivity index is 2.03. The van der Waals surface area contributed by atoms with Crippen LogP contribution in [-0.4, -0.2) is 14.2 Å². The zero-order valence-electron chi connectivity index (χ0n) is 11.7. The van der Waals surface area contributed by atoms with E-state index in [4.69, 9.17) is 9.47 Å². The Bertz CT molecular complexity index is 572. The first-order chi connectivity index (χ1) is 9.72. The fraction of sp³-hybridized carbons (Fsp3) is 0.250. The number of ether oxygens (including phenoxy) is 2. The van der Waals surface area contributed by atoms with Gasteiger partial charge in [-0.1, -0.05) is 24.3 Å². The lowest BCUT2D eigenvalue weighted by atomic mass is 10.1. The number of nitrogens with one attached hydrogen (secondary N) is 1. The van der Waals surface area contributed by atoms with Crippen molar-refractivity contribution in [3.63, 3.8) is 0 Å². The van der Waals surface area contributed by atoms with Crippen LogP contribution >= 0.6 is 15.9 Å². The molecule has 106 valence electrons. The number of benzene rings is 2. The Morgan fingerprint density at radius 2 is 1.85 bits per heavy atom. The van der Waals surface area contributed by atoms with Gasteiger partial charge in [-0.3, -0.25) is 0 Å². The van der Waals surface area contributed by atoms with Crippen molar-refractivity contribution >= 4 is 21.6 Å². The monoisotopic (exact) mass is 335 g/mol. The third-order valence-electron chi connectivity index (χ3n) is 2.95. The number of hydrogen-bond donors (Lipinski definition) is 1. The van der Waals surface area contributed by atoms with Gasteiger partial charge in [-0.15, -0.1) is 0 Å². The maximum absolute atomic E-state index is 5.29. The molecule has 0 aliphatic rings. The van der Waals surface area contributed by atoms with Crippen LogP contribution in [0.4, 0.5) is 5.69 Å². The minimum absolute atomic E-state index is 0.639. The van der Waals surface area contributed by atoms with Gasteiger partial charge in [0, 0.05) is 25.4 Å². The molecule has 2 aromatic rings. The summed E-state index contributed by atoms with van der Waals surface area (Å²) in [5.74, 6) is 0.822. The fourth-order valence-electron chi connectivity index (χ4n) is 1.97. The number of halogens is 1. The van der Waals surface area contributed by atoms with Crippen LogP contribution in [0.15, 0.2) is 46.9 Å². The summed E-state index contributed by atoms with van der Waals surface area (Å²) in [5.41, 5.74) is 3.43. The average molecular weight is 336 g/mol. The van der Waals surface area contributed by atoms with Crippen LogP contribution in [0.1, 0.15) is 11.1 Å². The van der Waals surface area contributed by atoms with Crippen molar-refractivity contribution in [2.24, 2.45) is 0 Å². The summed E-state index contributed by atoms with van der Waals surface area (Å²) >= 11 is 3.45. The fourth-order valence-corrected chi connectivity index (χ4v) is 2.38. The summed E-state index contributed by atoms with van der Waals surface area (Å²) in [6, 6.07) is 14.3. The summed E-state index contributed by atoms with van der Waals surface area (Å²) in [6.07, 6.45) is 0. The molecule has 0 unspecified atom stereocenters. The van der Waals surface area contributed by atoms with Crippen molar-refractivity contribution in [2.75, 3.05) is 19.5 Å². The first kappa shape index (κ1) is 14.9. The van der Waals surface area contributed by atoms with Crippen LogP contribution in [-0.2, 0) is 17.9 Å². The summed E-state index contributed by atoms with van der Waals surface area (Å²) in [4.78, 5) is 0. The van der Waals surface area contributed by atoms with Crippen LogP contribution in [0.3, 0.4) is 0 Å².